The van der Waals surface area contributed by atoms with Crippen LogP contribution in [-0.4, -0.2) is 40.3 Å². The van der Waals surface area contributed by atoms with Crippen LogP contribution >= 0.6 is 0 Å². The van der Waals surface area contributed by atoms with Gasteiger partial charge in [0.2, 0.25) is 0 Å². The minimum atomic E-state index is -1.73. The summed E-state index contributed by atoms with van der Waals surface area (Å²) in [4.78, 5) is 0. The van der Waals surface area contributed by atoms with Crippen molar-refractivity contribution < 1.29 is 18.8 Å². The molecule has 2 rings (SSSR count). The third-order valence-corrected chi connectivity index (χ3v) is 8.79. The van der Waals surface area contributed by atoms with Gasteiger partial charge < -0.3 is 18.8 Å². The van der Waals surface area contributed by atoms with E-state index in [-0.39, 0.29) is 12.2 Å². The van der Waals surface area contributed by atoms with Crippen molar-refractivity contribution in [3.63, 3.8) is 0 Å². The van der Waals surface area contributed by atoms with Crippen LogP contribution in [0, 0.1) is 5.41 Å². The van der Waals surface area contributed by atoms with Gasteiger partial charge in [-0.05, 0) is 56.2 Å². The van der Waals surface area contributed by atoms with Gasteiger partial charge in [0.1, 0.15) is 5.75 Å². The second-order valence-corrected chi connectivity index (χ2v) is 17.1. The molecule has 0 N–H and O–H groups in total. The van der Waals surface area contributed by atoms with Crippen molar-refractivity contribution in [2.45, 2.75) is 105 Å². The minimum Gasteiger partial charge on any atom is -0.468 e. The maximum absolute atomic E-state index is 6.49. The third-order valence-electron chi connectivity index (χ3n) is 6.80. The average molecular weight is 449 g/mol. The van der Waals surface area contributed by atoms with Gasteiger partial charge in [-0.15, -0.1) is 0 Å². The van der Waals surface area contributed by atoms with Crippen LogP contribution in [0.25, 0.3) is 0 Å². The van der Waals surface area contributed by atoms with Gasteiger partial charge in [-0.3, -0.25) is 0 Å². The van der Waals surface area contributed by atoms with E-state index in [9.17, 15) is 0 Å². The van der Waals surface area contributed by atoms with Crippen LogP contribution < -0.4 is 15.4 Å². The van der Waals surface area contributed by atoms with Gasteiger partial charge in [-0.1, -0.05) is 65.9 Å². The molecule has 4 nitrogen and oxygen atoms in total. The molecule has 176 valence electrons. The molecule has 1 aliphatic rings. The summed E-state index contributed by atoms with van der Waals surface area (Å²) in [7, 11) is -0.536. The van der Waals surface area contributed by atoms with Crippen molar-refractivity contribution in [3.05, 3.63) is 17.7 Å². The molecule has 6 heteroatoms. The predicted octanol–water partition coefficient (Wildman–Crippen LogP) is 5.44. The number of benzene rings is 1. The SMILES string of the molecule is CCCC(c1cc(B2OC(C)(C)C(C)(C)O2)c(OCOC)c([Si](C)(C)C)c1)C(C)(C)C. The number of rotatable bonds is 8. The van der Waals surface area contributed by atoms with Crippen molar-refractivity contribution in [3.8, 4) is 5.75 Å². The van der Waals surface area contributed by atoms with Gasteiger partial charge in [0.25, 0.3) is 0 Å². The quantitative estimate of drug-likeness (QED) is 0.392. The van der Waals surface area contributed by atoms with E-state index in [4.69, 9.17) is 18.8 Å². The molecule has 0 bridgehead atoms. The monoisotopic (exact) mass is 448 g/mol. The van der Waals surface area contributed by atoms with Crippen LogP contribution in [0.4, 0.5) is 0 Å². The normalized spacial score (nSPS) is 19.5. The molecule has 31 heavy (non-hydrogen) atoms. The zero-order valence-corrected chi connectivity index (χ0v) is 23.1. The highest BCUT2D eigenvalue weighted by molar-refractivity contribution is 6.89. The molecule has 0 saturated carbocycles. The fraction of sp³-hybridized carbons (Fsp3) is 0.760. The smallest absolute Gasteiger partial charge is 0.468 e. The molecule has 0 aliphatic carbocycles. The molecular weight excluding hydrogens is 403 g/mol. The molecule has 1 unspecified atom stereocenters. The van der Waals surface area contributed by atoms with Crippen LogP contribution in [-0.2, 0) is 14.0 Å². The molecule has 1 fully saturated rings. The average Bonchev–Trinajstić information content (AvgIpc) is 2.83. The minimum absolute atomic E-state index is 0.162. The molecule has 1 saturated heterocycles. The zero-order chi connectivity index (χ0) is 23.8. The lowest BCUT2D eigenvalue weighted by molar-refractivity contribution is 0.00578. The van der Waals surface area contributed by atoms with Gasteiger partial charge in [-0.2, -0.15) is 0 Å². The first-order chi connectivity index (χ1) is 14.0. The molecule has 1 atom stereocenters. The van der Waals surface area contributed by atoms with Gasteiger partial charge in [0.15, 0.2) is 6.79 Å². The fourth-order valence-electron chi connectivity index (χ4n) is 4.25. The van der Waals surface area contributed by atoms with Crippen LogP contribution in [0.15, 0.2) is 12.1 Å². The summed E-state index contributed by atoms with van der Waals surface area (Å²) in [5.74, 6) is 1.33. The number of hydrogen-bond acceptors (Lipinski definition) is 4. The molecule has 0 radical (unpaired) electrons. The van der Waals surface area contributed by atoms with Crippen LogP contribution in [0.2, 0.25) is 19.6 Å². The van der Waals surface area contributed by atoms with E-state index < -0.39 is 26.4 Å². The van der Waals surface area contributed by atoms with Crippen molar-refractivity contribution >= 4 is 25.8 Å². The Morgan fingerprint density at radius 3 is 2.00 bits per heavy atom. The van der Waals surface area contributed by atoms with E-state index >= 15 is 0 Å². The van der Waals surface area contributed by atoms with Crippen molar-refractivity contribution in [1.29, 1.82) is 0 Å². The van der Waals surface area contributed by atoms with Gasteiger partial charge >= 0.3 is 7.12 Å². The maximum Gasteiger partial charge on any atom is 0.498 e. The predicted molar refractivity (Wildman–Crippen MR) is 135 cm³/mol. The first kappa shape index (κ1) is 26.4. The molecular formula is C25H45BO4Si. The third kappa shape index (κ3) is 5.76. The second kappa shape index (κ2) is 9.20. The van der Waals surface area contributed by atoms with E-state index in [1.165, 1.54) is 10.8 Å². The maximum atomic E-state index is 6.49. The lowest BCUT2D eigenvalue weighted by Gasteiger charge is -2.34. The molecule has 1 aromatic rings. The molecule has 0 amide bonds. The van der Waals surface area contributed by atoms with E-state index in [1.54, 1.807) is 7.11 Å². The summed E-state index contributed by atoms with van der Waals surface area (Å²) in [6.45, 7) is 25.0. The molecule has 0 spiro atoms. The van der Waals surface area contributed by atoms with Crippen molar-refractivity contribution in [2.24, 2.45) is 5.41 Å². The zero-order valence-electron chi connectivity index (χ0n) is 22.1. The van der Waals surface area contributed by atoms with Crippen LogP contribution in [0.3, 0.4) is 0 Å². The summed E-state index contributed by atoms with van der Waals surface area (Å²) in [6.07, 6.45) is 2.30. The Morgan fingerprint density at radius 1 is 1.03 bits per heavy atom. The Bertz CT molecular complexity index is 746. The topological polar surface area (TPSA) is 36.9 Å². The van der Waals surface area contributed by atoms with Gasteiger partial charge in [0.05, 0.1) is 19.3 Å². The largest absolute Gasteiger partial charge is 0.498 e. The van der Waals surface area contributed by atoms with E-state index in [2.05, 4.69) is 87.2 Å². The van der Waals surface area contributed by atoms with Crippen molar-refractivity contribution in [1.82, 2.24) is 0 Å². The van der Waals surface area contributed by atoms with Crippen LogP contribution in [0.1, 0.15) is 79.7 Å². The second-order valence-electron chi connectivity index (χ2n) is 12.1. The van der Waals surface area contributed by atoms with E-state index in [0.717, 1.165) is 24.1 Å². The number of ether oxygens (including phenoxy) is 2. The molecule has 1 heterocycles. The summed E-state index contributed by atoms with van der Waals surface area (Å²) < 4.78 is 24.5. The molecule has 1 aliphatic heterocycles. The van der Waals surface area contributed by atoms with Gasteiger partial charge in [-0.25, -0.2) is 0 Å². The molecule has 1 aromatic carbocycles. The van der Waals surface area contributed by atoms with Crippen LogP contribution in [0.5, 0.6) is 5.75 Å². The lowest BCUT2D eigenvalue weighted by atomic mass is 9.71. The highest BCUT2D eigenvalue weighted by Gasteiger charge is 2.53. The van der Waals surface area contributed by atoms with Gasteiger partial charge in [0, 0.05) is 12.6 Å². The fourth-order valence-corrected chi connectivity index (χ4v) is 5.74. The first-order valence-corrected chi connectivity index (χ1v) is 15.2. The Labute approximate surface area is 192 Å². The highest BCUT2D eigenvalue weighted by Crippen LogP contribution is 2.41. The standard InChI is InChI=1S/C25H45BO4Si/c1-13-14-19(23(2,3)4)18-15-20(26-29-24(5,6)25(7,8)30-26)22(28-17-27-9)21(16-18)31(10,11)12/h15-16,19H,13-14,17H2,1-12H3. The summed E-state index contributed by atoms with van der Waals surface area (Å²) in [6, 6.07) is 4.68. The Morgan fingerprint density at radius 2 is 1.58 bits per heavy atom. The first-order valence-electron chi connectivity index (χ1n) is 11.7. The van der Waals surface area contributed by atoms with E-state index in [0.29, 0.717) is 5.92 Å². The molecule has 0 aromatic heterocycles. The summed E-state index contributed by atoms with van der Waals surface area (Å²) in [5.41, 5.74) is 1.71. The Balaban J connectivity index is 2.76. The highest BCUT2D eigenvalue weighted by atomic mass is 28.3. The summed E-state index contributed by atoms with van der Waals surface area (Å²) >= 11 is 0. The Kier molecular flexibility index (Phi) is 7.85. The summed E-state index contributed by atoms with van der Waals surface area (Å²) in [5, 5.41) is 1.30. The van der Waals surface area contributed by atoms with Crippen molar-refractivity contribution in [2.75, 3.05) is 13.9 Å². The Hall–Kier alpha value is -0.818. The number of hydrogen-bond donors (Lipinski definition) is 0. The lowest BCUT2D eigenvalue weighted by Crippen LogP contribution is -2.46. The van der Waals surface area contributed by atoms with E-state index in [1.807, 2.05) is 0 Å². The number of methoxy groups -OCH3 is 1.